The lowest BCUT2D eigenvalue weighted by molar-refractivity contribution is -0.113. The lowest BCUT2D eigenvalue weighted by Crippen LogP contribution is -2.14. The third kappa shape index (κ3) is 3.89. The summed E-state index contributed by atoms with van der Waals surface area (Å²) in [5.41, 5.74) is 3.96. The van der Waals surface area contributed by atoms with Gasteiger partial charge in [0.2, 0.25) is 11.1 Å². The summed E-state index contributed by atoms with van der Waals surface area (Å²) >= 11 is 4.71. The number of anilines is 1. The first kappa shape index (κ1) is 20.7. The molecule has 0 aliphatic carbocycles. The average molecular weight is 507 g/mol. The monoisotopic (exact) mass is 506 g/mol. The predicted octanol–water partition coefficient (Wildman–Crippen LogP) is 5.28. The molecule has 0 aliphatic heterocycles. The van der Waals surface area contributed by atoms with Crippen LogP contribution in [0.25, 0.3) is 27.5 Å². The van der Waals surface area contributed by atoms with Crippen molar-refractivity contribution in [2.75, 3.05) is 11.1 Å². The summed E-state index contributed by atoms with van der Waals surface area (Å²) in [4.78, 5) is 12.6. The van der Waals surface area contributed by atoms with Gasteiger partial charge in [0.25, 0.3) is 0 Å². The molecule has 7 nitrogen and oxygen atoms in total. The number of aromatic nitrogens is 5. The number of para-hydroxylation sites is 1. The van der Waals surface area contributed by atoms with Crippen LogP contribution in [-0.2, 0) is 11.3 Å². The highest BCUT2D eigenvalue weighted by atomic mass is 79.9. The molecule has 0 aliphatic rings. The molecule has 1 N–H and O–H groups in total. The normalized spacial score (nSPS) is 11.3. The fourth-order valence-corrected chi connectivity index (χ4v) is 4.77. The van der Waals surface area contributed by atoms with E-state index in [0.717, 1.165) is 33.3 Å². The van der Waals surface area contributed by atoms with Crippen molar-refractivity contribution in [1.29, 1.82) is 0 Å². The van der Waals surface area contributed by atoms with Crippen molar-refractivity contribution in [3.63, 3.8) is 0 Å². The minimum atomic E-state index is -0.112. The summed E-state index contributed by atoms with van der Waals surface area (Å²) in [6, 6.07) is 22.0. The Kier molecular flexibility index (Phi) is 5.67. The van der Waals surface area contributed by atoms with Crippen LogP contribution in [-0.4, -0.2) is 36.4 Å². The van der Waals surface area contributed by atoms with Crippen LogP contribution in [0.1, 0.15) is 6.92 Å². The quantitative estimate of drug-likeness (QED) is 0.317. The molecule has 32 heavy (non-hydrogen) atoms. The number of carbonyl (C=O) groups excluding carboxylic acids is 1. The topological polar surface area (TPSA) is 77.6 Å². The maximum absolute atomic E-state index is 12.6. The molecule has 0 bridgehead atoms. The van der Waals surface area contributed by atoms with Crippen LogP contribution in [0.15, 0.2) is 76.4 Å². The fourth-order valence-electron chi connectivity index (χ4n) is 3.81. The maximum atomic E-state index is 12.6. The van der Waals surface area contributed by atoms with Crippen LogP contribution in [0.2, 0.25) is 0 Å². The Bertz CT molecular complexity index is 1430. The van der Waals surface area contributed by atoms with E-state index in [9.17, 15) is 4.79 Å². The van der Waals surface area contributed by atoms with Gasteiger partial charge in [0.05, 0.1) is 11.4 Å². The van der Waals surface area contributed by atoms with E-state index in [1.807, 2.05) is 42.5 Å². The third-order valence-electron chi connectivity index (χ3n) is 5.22. The first-order valence-electron chi connectivity index (χ1n) is 10.1. The van der Waals surface area contributed by atoms with Crippen molar-refractivity contribution in [3.8, 4) is 5.69 Å². The molecular formula is C23H19BrN6OS. The van der Waals surface area contributed by atoms with E-state index in [2.05, 4.69) is 72.5 Å². The molecule has 2 heterocycles. The Morgan fingerprint density at radius 1 is 1.03 bits per heavy atom. The number of hydrogen-bond donors (Lipinski definition) is 1. The lowest BCUT2D eigenvalue weighted by Gasteiger charge is -2.07. The van der Waals surface area contributed by atoms with Gasteiger partial charge in [-0.3, -0.25) is 4.79 Å². The number of amides is 1. The molecule has 0 atom stereocenters. The molecule has 0 spiro atoms. The second-order valence-corrected chi connectivity index (χ2v) is 9.04. The molecular weight excluding hydrogens is 488 g/mol. The molecule has 1 amide bonds. The SMILES string of the molecule is CCn1c2ccccc2c2cc(NC(=O)CSc3nnnn3-c3ccc(Br)cc3)ccc21. The number of nitrogens with zero attached hydrogens (tertiary/aromatic N) is 5. The molecule has 0 saturated heterocycles. The minimum Gasteiger partial charge on any atom is -0.341 e. The van der Waals surface area contributed by atoms with Gasteiger partial charge in [-0.2, -0.15) is 4.68 Å². The standard InChI is InChI=1S/C23H19BrN6OS/c1-2-29-20-6-4-3-5-18(20)19-13-16(9-12-21(19)29)25-22(31)14-32-23-26-27-28-30(23)17-10-7-15(24)8-11-17/h3-13H,2,14H2,1H3,(H,25,31). The second kappa shape index (κ2) is 8.76. The summed E-state index contributed by atoms with van der Waals surface area (Å²) < 4.78 is 4.88. The van der Waals surface area contributed by atoms with Crippen molar-refractivity contribution >= 4 is 61.1 Å². The van der Waals surface area contributed by atoms with E-state index < -0.39 is 0 Å². The third-order valence-corrected chi connectivity index (χ3v) is 6.66. The molecule has 0 radical (unpaired) electrons. The Hall–Kier alpha value is -3.17. The van der Waals surface area contributed by atoms with Crippen molar-refractivity contribution < 1.29 is 4.79 Å². The Balaban J connectivity index is 1.33. The smallest absolute Gasteiger partial charge is 0.234 e. The van der Waals surface area contributed by atoms with Crippen molar-refractivity contribution in [1.82, 2.24) is 24.8 Å². The first-order chi connectivity index (χ1) is 15.6. The average Bonchev–Trinajstić information content (AvgIpc) is 3.40. The van der Waals surface area contributed by atoms with E-state index in [4.69, 9.17) is 0 Å². The number of hydrogen-bond acceptors (Lipinski definition) is 5. The van der Waals surface area contributed by atoms with Gasteiger partial charge in [0.1, 0.15) is 0 Å². The van der Waals surface area contributed by atoms with Crippen LogP contribution >= 0.6 is 27.7 Å². The summed E-state index contributed by atoms with van der Waals surface area (Å²) in [6.45, 7) is 3.03. The van der Waals surface area contributed by atoms with Gasteiger partial charge in [0, 0.05) is 38.5 Å². The van der Waals surface area contributed by atoms with Gasteiger partial charge in [-0.25, -0.2) is 0 Å². The minimum absolute atomic E-state index is 0.112. The maximum Gasteiger partial charge on any atom is 0.234 e. The number of rotatable bonds is 6. The molecule has 160 valence electrons. The number of benzene rings is 3. The highest BCUT2D eigenvalue weighted by Crippen LogP contribution is 2.31. The molecule has 0 saturated carbocycles. The highest BCUT2D eigenvalue weighted by molar-refractivity contribution is 9.10. The van der Waals surface area contributed by atoms with Gasteiger partial charge >= 0.3 is 0 Å². The number of fused-ring (bicyclic) bond motifs is 3. The zero-order chi connectivity index (χ0) is 22.1. The molecule has 0 unspecified atom stereocenters. The summed E-state index contributed by atoms with van der Waals surface area (Å²) in [7, 11) is 0. The lowest BCUT2D eigenvalue weighted by atomic mass is 10.1. The van der Waals surface area contributed by atoms with Crippen LogP contribution < -0.4 is 5.32 Å². The molecule has 2 aromatic heterocycles. The summed E-state index contributed by atoms with van der Waals surface area (Å²) in [5, 5.41) is 17.7. The predicted molar refractivity (Wildman–Crippen MR) is 131 cm³/mol. The van der Waals surface area contributed by atoms with Crippen LogP contribution in [0, 0.1) is 0 Å². The zero-order valence-corrected chi connectivity index (χ0v) is 19.6. The fraction of sp³-hybridized carbons (Fsp3) is 0.130. The van der Waals surface area contributed by atoms with E-state index in [1.54, 1.807) is 4.68 Å². The molecule has 9 heteroatoms. The van der Waals surface area contributed by atoms with Crippen molar-refractivity contribution in [2.45, 2.75) is 18.6 Å². The van der Waals surface area contributed by atoms with Crippen LogP contribution in [0.4, 0.5) is 5.69 Å². The number of halogens is 1. The molecule has 5 rings (SSSR count). The second-order valence-electron chi connectivity index (χ2n) is 7.18. The van der Waals surface area contributed by atoms with E-state index >= 15 is 0 Å². The van der Waals surface area contributed by atoms with Gasteiger partial charge in [-0.1, -0.05) is 45.9 Å². The number of aryl methyl sites for hydroxylation is 1. The largest absolute Gasteiger partial charge is 0.341 e. The van der Waals surface area contributed by atoms with Crippen molar-refractivity contribution in [3.05, 3.63) is 71.2 Å². The van der Waals surface area contributed by atoms with Gasteiger partial charge in [-0.15, -0.1) is 5.10 Å². The van der Waals surface area contributed by atoms with Crippen molar-refractivity contribution in [2.24, 2.45) is 0 Å². The molecule has 3 aromatic carbocycles. The summed E-state index contributed by atoms with van der Waals surface area (Å²) in [6.07, 6.45) is 0. The van der Waals surface area contributed by atoms with Crippen LogP contribution in [0.5, 0.6) is 0 Å². The molecule has 5 aromatic rings. The van der Waals surface area contributed by atoms with Gasteiger partial charge < -0.3 is 9.88 Å². The highest BCUT2D eigenvalue weighted by Gasteiger charge is 2.13. The van der Waals surface area contributed by atoms with E-state index in [0.29, 0.717) is 5.16 Å². The Labute approximate surface area is 196 Å². The number of thioether (sulfide) groups is 1. The van der Waals surface area contributed by atoms with Crippen LogP contribution in [0.3, 0.4) is 0 Å². The molecule has 0 fully saturated rings. The Morgan fingerprint density at radius 3 is 2.62 bits per heavy atom. The van der Waals surface area contributed by atoms with E-state index in [-0.39, 0.29) is 11.7 Å². The zero-order valence-electron chi connectivity index (χ0n) is 17.2. The number of nitrogens with one attached hydrogen (secondary N) is 1. The first-order valence-corrected chi connectivity index (χ1v) is 11.9. The number of carbonyl (C=O) groups is 1. The van der Waals surface area contributed by atoms with E-state index in [1.165, 1.54) is 22.7 Å². The van der Waals surface area contributed by atoms with Gasteiger partial charge in [-0.05, 0) is 65.9 Å². The Morgan fingerprint density at radius 2 is 1.81 bits per heavy atom. The number of tetrazole rings is 1. The summed E-state index contributed by atoms with van der Waals surface area (Å²) in [5.74, 6) is 0.0880. The van der Waals surface area contributed by atoms with Gasteiger partial charge in [0.15, 0.2) is 0 Å².